The molecule has 1 nitrogen and oxygen atoms in total. The molecular formula is C12H9Br3ClNS. The molecule has 0 radical (unpaired) electrons. The second-order valence-electron chi connectivity index (χ2n) is 3.63. The summed E-state index contributed by atoms with van der Waals surface area (Å²) in [6, 6.07) is 8.02. The van der Waals surface area contributed by atoms with E-state index in [1.807, 2.05) is 25.2 Å². The van der Waals surface area contributed by atoms with E-state index >= 15 is 0 Å². The van der Waals surface area contributed by atoms with Crippen LogP contribution < -0.4 is 5.32 Å². The standard InChI is InChI=1S/C12H9Br3ClNS/c1-17-11(9-5-7(14)12(15)18-9)10-6(13)3-2-4-8(10)16/h2-5,11,17H,1H3. The van der Waals surface area contributed by atoms with Crippen LogP contribution in [0, 0.1) is 0 Å². The molecule has 1 N–H and O–H groups in total. The van der Waals surface area contributed by atoms with Crippen molar-refractivity contribution in [2.75, 3.05) is 7.05 Å². The molecule has 2 rings (SSSR count). The topological polar surface area (TPSA) is 12.0 Å². The first kappa shape index (κ1) is 15.0. The molecule has 1 unspecified atom stereocenters. The third-order valence-corrected chi connectivity index (χ3v) is 6.87. The molecule has 0 saturated carbocycles. The van der Waals surface area contributed by atoms with Crippen molar-refractivity contribution in [1.82, 2.24) is 5.32 Å². The van der Waals surface area contributed by atoms with Gasteiger partial charge in [-0.3, -0.25) is 0 Å². The predicted molar refractivity (Wildman–Crippen MR) is 89.8 cm³/mol. The first-order valence-electron chi connectivity index (χ1n) is 5.10. The van der Waals surface area contributed by atoms with E-state index in [1.165, 1.54) is 4.88 Å². The maximum atomic E-state index is 6.31. The fraction of sp³-hybridized carbons (Fsp3) is 0.167. The van der Waals surface area contributed by atoms with Crippen molar-refractivity contribution in [3.63, 3.8) is 0 Å². The minimum atomic E-state index is 0.0701. The van der Waals surface area contributed by atoms with Gasteiger partial charge in [-0.1, -0.05) is 33.6 Å². The van der Waals surface area contributed by atoms with Crippen molar-refractivity contribution in [1.29, 1.82) is 0 Å². The molecule has 0 aliphatic heterocycles. The molecular weight excluding hydrogens is 465 g/mol. The third kappa shape index (κ3) is 3.02. The number of benzene rings is 1. The minimum Gasteiger partial charge on any atom is -0.309 e. The maximum absolute atomic E-state index is 6.31. The smallest absolute Gasteiger partial charge is 0.0843 e. The highest BCUT2D eigenvalue weighted by Crippen LogP contribution is 2.41. The summed E-state index contributed by atoms with van der Waals surface area (Å²) in [7, 11) is 1.93. The highest BCUT2D eigenvalue weighted by molar-refractivity contribution is 9.13. The highest BCUT2D eigenvalue weighted by atomic mass is 79.9. The summed E-state index contributed by atoms with van der Waals surface area (Å²) in [5.41, 5.74) is 1.06. The summed E-state index contributed by atoms with van der Waals surface area (Å²) in [5, 5.41) is 4.07. The van der Waals surface area contributed by atoms with Crippen LogP contribution in [0.2, 0.25) is 5.02 Å². The number of rotatable bonds is 3. The van der Waals surface area contributed by atoms with Crippen molar-refractivity contribution in [3.05, 3.63) is 52.5 Å². The van der Waals surface area contributed by atoms with Crippen LogP contribution in [0.5, 0.6) is 0 Å². The van der Waals surface area contributed by atoms with Crippen LogP contribution in [0.4, 0.5) is 0 Å². The quantitative estimate of drug-likeness (QED) is 0.576. The number of hydrogen-bond acceptors (Lipinski definition) is 2. The summed E-state index contributed by atoms with van der Waals surface area (Å²) in [4.78, 5) is 1.20. The fourth-order valence-electron chi connectivity index (χ4n) is 1.72. The zero-order chi connectivity index (χ0) is 13.3. The molecule has 2 aromatic rings. The summed E-state index contributed by atoms with van der Waals surface area (Å²) in [6.45, 7) is 0. The van der Waals surface area contributed by atoms with Crippen LogP contribution in [-0.4, -0.2) is 7.05 Å². The van der Waals surface area contributed by atoms with Gasteiger partial charge in [0.15, 0.2) is 0 Å². The lowest BCUT2D eigenvalue weighted by Crippen LogP contribution is -2.17. The molecule has 1 heterocycles. The summed E-state index contributed by atoms with van der Waals surface area (Å²) in [6.07, 6.45) is 0. The molecule has 1 atom stereocenters. The Kier molecular flexibility index (Phi) is 5.31. The van der Waals surface area contributed by atoms with Gasteiger partial charge in [0.25, 0.3) is 0 Å². The predicted octanol–water partition coefficient (Wildman–Crippen LogP) is 6.00. The average Bonchev–Trinajstić information content (AvgIpc) is 2.64. The Balaban J connectivity index is 2.52. The van der Waals surface area contributed by atoms with Crippen molar-refractivity contribution in [2.24, 2.45) is 0 Å². The molecule has 0 aliphatic carbocycles. The van der Waals surface area contributed by atoms with Crippen molar-refractivity contribution in [3.8, 4) is 0 Å². The summed E-state index contributed by atoms with van der Waals surface area (Å²) >= 11 is 18.6. The van der Waals surface area contributed by atoms with Gasteiger partial charge in [0.1, 0.15) is 0 Å². The molecule has 0 aliphatic rings. The molecule has 6 heteroatoms. The van der Waals surface area contributed by atoms with Gasteiger partial charge in [-0.25, -0.2) is 0 Å². The largest absolute Gasteiger partial charge is 0.309 e. The number of nitrogens with one attached hydrogen (secondary N) is 1. The molecule has 0 bridgehead atoms. The molecule has 0 fully saturated rings. The molecule has 0 amide bonds. The lowest BCUT2D eigenvalue weighted by Gasteiger charge is -2.18. The Labute approximate surface area is 140 Å². The third-order valence-electron chi connectivity index (χ3n) is 2.53. The van der Waals surface area contributed by atoms with Gasteiger partial charge in [-0.05, 0) is 57.1 Å². The van der Waals surface area contributed by atoms with Gasteiger partial charge in [0.05, 0.1) is 9.83 Å². The molecule has 18 heavy (non-hydrogen) atoms. The highest BCUT2D eigenvalue weighted by Gasteiger charge is 2.20. The Morgan fingerprint density at radius 2 is 1.94 bits per heavy atom. The van der Waals surface area contributed by atoms with E-state index < -0.39 is 0 Å². The molecule has 96 valence electrons. The summed E-state index contributed by atoms with van der Waals surface area (Å²) in [5.74, 6) is 0. The van der Waals surface area contributed by atoms with E-state index in [2.05, 4.69) is 59.2 Å². The zero-order valence-electron chi connectivity index (χ0n) is 9.31. The van der Waals surface area contributed by atoms with Crippen LogP contribution in [0.1, 0.15) is 16.5 Å². The molecule has 0 spiro atoms. The fourth-order valence-corrected chi connectivity index (χ4v) is 4.92. The van der Waals surface area contributed by atoms with Gasteiger partial charge in [-0.2, -0.15) is 0 Å². The Bertz CT molecular complexity index is 531. The van der Waals surface area contributed by atoms with Crippen LogP contribution in [-0.2, 0) is 0 Å². The second-order valence-corrected chi connectivity index (χ2v) is 8.14. The summed E-state index contributed by atoms with van der Waals surface area (Å²) < 4.78 is 3.15. The normalized spacial score (nSPS) is 12.7. The molecule has 1 aromatic carbocycles. The van der Waals surface area contributed by atoms with Crippen molar-refractivity contribution >= 4 is 70.7 Å². The van der Waals surface area contributed by atoms with Crippen LogP contribution in [0.25, 0.3) is 0 Å². The Hall–Kier alpha value is 0.610. The molecule has 1 aromatic heterocycles. The maximum Gasteiger partial charge on any atom is 0.0843 e. The number of thiophene rings is 1. The van der Waals surface area contributed by atoms with E-state index in [-0.39, 0.29) is 6.04 Å². The Morgan fingerprint density at radius 1 is 1.22 bits per heavy atom. The van der Waals surface area contributed by atoms with Crippen LogP contribution >= 0.6 is 70.7 Å². The minimum absolute atomic E-state index is 0.0701. The lowest BCUT2D eigenvalue weighted by molar-refractivity contribution is 0.701. The average molecular weight is 474 g/mol. The van der Waals surface area contributed by atoms with E-state index in [9.17, 15) is 0 Å². The number of hydrogen-bond donors (Lipinski definition) is 1. The van der Waals surface area contributed by atoms with Gasteiger partial charge < -0.3 is 5.32 Å². The Morgan fingerprint density at radius 3 is 2.44 bits per heavy atom. The van der Waals surface area contributed by atoms with Gasteiger partial charge in [0, 0.05) is 24.4 Å². The first-order valence-corrected chi connectivity index (χ1v) is 8.68. The second kappa shape index (κ2) is 6.37. The van der Waals surface area contributed by atoms with E-state index in [0.717, 1.165) is 23.3 Å². The zero-order valence-corrected chi connectivity index (χ0v) is 15.6. The molecule has 0 saturated heterocycles. The van der Waals surface area contributed by atoms with Gasteiger partial charge >= 0.3 is 0 Å². The number of halogens is 4. The van der Waals surface area contributed by atoms with Crippen molar-refractivity contribution in [2.45, 2.75) is 6.04 Å². The van der Waals surface area contributed by atoms with Crippen LogP contribution in [0.3, 0.4) is 0 Å². The van der Waals surface area contributed by atoms with Gasteiger partial charge in [-0.15, -0.1) is 11.3 Å². The van der Waals surface area contributed by atoms with Gasteiger partial charge in [0.2, 0.25) is 0 Å². The monoisotopic (exact) mass is 471 g/mol. The van der Waals surface area contributed by atoms with Crippen molar-refractivity contribution < 1.29 is 0 Å². The van der Waals surface area contributed by atoms with E-state index in [1.54, 1.807) is 11.3 Å². The van der Waals surface area contributed by atoms with E-state index in [4.69, 9.17) is 11.6 Å². The lowest BCUT2D eigenvalue weighted by atomic mass is 10.1. The van der Waals surface area contributed by atoms with E-state index in [0.29, 0.717) is 0 Å². The first-order chi connectivity index (χ1) is 8.54. The van der Waals surface area contributed by atoms with Crippen LogP contribution in [0.15, 0.2) is 37.0 Å². The SMILES string of the molecule is CNC(c1cc(Br)c(Br)s1)c1c(Cl)cccc1Br.